The topological polar surface area (TPSA) is 104 Å². The predicted molar refractivity (Wildman–Crippen MR) is 81.6 cm³/mol. The van der Waals surface area contributed by atoms with Crippen molar-refractivity contribution in [2.45, 2.75) is 58.4 Å². The van der Waals surface area contributed by atoms with E-state index in [4.69, 9.17) is 5.73 Å². The number of primary amides is 1. The minimum atomic E-state index is -0.690. The van der Waals surface area contributed by atoms with Crippen LogP contribution in [0, 0.1) is 11.3 Å². The fourth-order valence-electron chi connectivity index (χ4n) is 2.93. The van der Waals surface area contributed by atoms with E-state index in [0.717, 1.165) is 32.1 Å². The van der Waals surface area contributed by atoms with Crippen molar-refractivity contribution < 1.29 is 14.7 Å². The lowest BCUT2D eigenvalue weighted by atomic mass is 9.74. The van der Waals surface area contributed by atoms with E-state index in [2.05, 4.69) is 10.6 Å². The van der Waals surface area contributed by atoms with Crippen LogP contribution in [0.1, 0.15) is 52.4 Å². The second-order valence-corrected chi connectivity index (χ2v) is 6.31. The number of carbonyl (C=O) groups is 2. The standard InChI is InChI=1S/C15H29N3O3/c1-3-11(2)12(18-14(16)21)13(20)17-9-15(10-19)7-5-4-6-8-15/h11-12,19H,3-10H2,1-2H3,(H,17,20)(H3,16,18,21). The summed E-state index contributed by atoms with van der Waals surface area (Å²) in [7, 11) is 0. The Hall–Kier alpha value is -1.30. The van der Waals surface area contributed by atoms with Crippen molar-refractivity contribution >= 4 is 11.9 Å². The Kier molecular flexibility index (Phi) is 6.95. The normalized spacial score (nSPS) is 20.3. The van der Waals surface area contributed by atoms with E-state index in [1.165, 1.54) is 6.42 Å². The lowest BCUT2D eigenvalue weighted by Gasteiger charge is -2.36. The molecule has 1 aliphatic rings. The van der Waals surface area contributed by atoms with Crippen molar-refractivity contribution in [2.24, 2.45) is 17.1 Å². The summed E-state index contributed by atoms with van der Waals surface area (Å²) in [6.07, 6.45) is 6.00. The lowest BCUT2D eigenvalue weighted by molar-refractivity contribution is -0.124. The fraction of sp³-hybridized carbons (Fsp3) is 0.867. The van der Waals surface area contributed by atoms with Crippen LogP contribution >= 0.6 is 0 Å². The van der Waals surface area contributed by atoms with E-state index in [-0.39, 0.29) is 23.8 Å². The van der Waals surface area contributed by atoms with Crippen LogP contribution in [0.3, 0.4) is 0 Å². The predicted octanol–water partition coefficient (Wildman–Crippen LogP) is 1.13. The third kappa shape index (κ3) is 5.19. The highest BCUT2D eigenvalue weighted by Gasteiger charge is 2.33. The number of urea groups is 1. The number of hydrogen-bond donors (Lipinski definition) is 4. The van der Waals surface area contributed by atoms with Gasteiger partial charge >= 0.3 is 6.03 Å². The Morgan fingerprint density at radius 3 is 2.38 bits per heavy atom. The lowest BCUT2D eigenvalue weighted by Crippen LogP contribution is -2.54. The van der Waals surface area contributed by atoms with Crippen LogP contribution in [0.4, 0.5) is 4.79 Å². The zero-order valence-electron chi connectivity index (χ0n) is 13.2. The van der Waals surface area contributed by atoms with E-state index < -0.39 is 12.1 Å². The van der Waals surface area contributed by atoms with Crippen LogP contribution in [0.25, 0.3) is 0 Å². The molecule has 1 saturated carbocycles. The van der Waals surface area contributed by atoms with Crippen LogP contribution in [-0.4, -0.2) is 36.2 Å². The third-order valence-electron chi connectivity index (χ3n) is 4.68. The third-order valence-corrected chi connectivity index (χ3v) is 4.68. The first-order valence-corrected chi connectivity index (χ1v) is 7.88. The van der Waals surface area contributed by atoms with E-state index in [0.29, 0.717) is 6.54 Å². The minimum Gasteiger partial charge on any atom is -0.396 e. The summed E-state index contributed by atoms with van der Waals surface area (Å²) in [5.74, 6) is -0.213. The smallest absolute Gasteiger partial charge is 0.312 e. The van der Waals surface area contributed by atoms with Crippen LogP contribution in [0.15, 0.2) is 0 Å². The molecule has 0 aromatic heterocycles. The van der Waals surface area contributed by atoms with Gasteiger partial charge in [0.25, 0.3) is 0 Å². The fourth-order valence-corrected chi connectivity index (χ4v) is 2.93. The quantitative estimate of drug-likeness (QED) is 0.566. The van der Waals surface area contributed by atoms with Crippen molar-refractivity contribution in [3.05, 3.63) is 0 Å². The summed E-state index contributed by atoms with van der Waals surface area (Å²) < 4.78 is 0. The Bertz CT molecular complexity index is 354. The molecule has 1 rings (SSSR count). The van der Waals surface area contributed by atoms with Gasteiger partial charge in [-0.05, 0) is 18.8 Å². The van der Waals surface area contributed by atoms with Crippen molar-refractivity contribution in [3.63, 3.8) is 0 Å². The van der Waals surface area contributed by atoms with E-state index >= 15 is 0 Å². The molecule has 0 spiro atoms. The first-order chi connectivity index (χ1) is 9.94. The maximum atomic E-state index is 12.3. The van der Waals surface area contributed by atoms with Gasteiger partial charge < -0.3 is 21.5 Å². The molecule has 0 saturated heterocycles. The highest BCUT2D eigenvalue weighted by atomic mass is 16.3. The van der Waals surface area contributed by atoms with Crippen LogP contribution in [-0.2, 0) is 4.79 Å². The summed E-state index contributed by atoms with van der Waals surface area (Å²) in [5.41, 5.74) is 4.94. The number of aliphatic hydroxyl groups is 1. The number of carbonyl (C=O) groups excluding carboxylic acids is 2. The zero-order valence-corrected chi connectivity index (χ0v) is 13.2. The van der Waals surface area contributed by atoms with Crippen molar-refractivity contribution in [3.8, 4) is 0 Å². The van der Waals surface area contributed by atoms with Crippen LogP contribution < -0.4 is 16.4 Å². The summed E-state index contributed by atoms with van der Waals surface area (Å²) in [6, 6.07) is -1.31. The molecule has 0 aliphatic heterocycles. The first kappa shape index (κ1) is 17.8. The number of aliphatic hydroxyl groups excluding tert-OH is 1. The van der Waals surface area contributed by atoms with Crippen molar-refractivity contribution in [1.82, 2.24) is 10.6 Å². The summed E-state index contributed by atoms with van der Waals surface area (Å²) >= 11 is 0. The maximum Gasteiger partial charge on any atom is 0.312 e. The molecular weight excluding hydrogens is 270 g/mol. The number of nitrogens with one attached hydrogen (secondary N) is 2. The monoisotopic (exact) mass is 299 g/mol. The molecule has 0 aromatic rings. The highest BCUT2D eigenvalue weighted by molar-refractivity contribution is 5.86. The molecule has 5 N–H and O–H groups in total. The van der Waals surface area contributed by atoms with Gasteiger partial charge in [0.1, 0.15) is 6.04 Å². The summed E-state index contributed by atoms with van der Waals surface area (Å²) in [5, 5.41) is 15.1. The number of nitrogens with two attached hydrogens (primary N) is 1. The van der Waals surface area contributed by atoms with Gasteiger partial charge in [-0.3, -0.25) is 4.79 Å². The van der Waals surface area contributed by atoms with Gasteiger partial charge in [-0.2, -0.15) is 0 Å². The molecule has 0 heterocycles. The highest BCUT2D eigenvalue weighted by Crippen LogP contribution is 2.35. The van der Waals surface area contributed by atoms with E-state index in [1.54, 1.807) is 0 Å². The first-order valence-electron chi connectivity index (χ1n) is 7.88. The average molecular weight is 299 g/mol. The van der Waals surface area contributed by atoms with E-state index in [9.17, 15) is 14.7 Å². The van der Waals surface area contributed by atoms with Gasteiger partial charge in [0, 0.05) is 12.0 Å². The van der Waals surface area contributed by atoms with Crippen molar-refractivity contribution in [1.29, 1.82) is 0 Å². The van der Waals surface area contributed by atoms with Crippen LogP contribution in [0.5, 0.6) is 0 Å². The Morgan fingerprint density at radius 1 is 1.29 bits per heavy atom. The molecule has 2 unspecified atom stereocenters. The van der Waals surface area contributed by atoms with Gasteiger partial charge in [-0.1, -0.05) is 39.5 Å². The molecule has 1 aliphatic carbocycles. The Morgan fingerprint density at radius 2 is 1.90 bits per heavy atom. The molecule has 6 nitrogen and oxygen atoms in total. The summed E-state index contributed by atoms with van der Waals surface area (Å²) in [4.78, 5) is 23.4. The maximum absolute atomic E-state index is 12.3. The summed E-state index contributed by atoms with van der Waals surface area (Å²) in [6.45, 7) is 4.41. The molecule has 21 heavy (non-hydrogen) atoms. The van der Waals surface area contributed by atoms with Gasteiger partial charge in [0.05, 0.1) is 6.61 Å². The van der Waals surface area contributed by atoms with Crippen molar-refractivity contribution in [2.75, 3.05) is 13.2 Å². The molecular formula is C15H29N3O3. The zero-order chi connectivity index (χ0) is 15.9. The molecule has 122 valence electrons. The number of hydrogen-bond acceptors (Lipinski definition) is 3. The molecule has 0 radical (unpaired) electrons. The average Bonchev–Trinajstić information content (AvgIpc) is 2.50. The molecule has 0 aromatic carbocycles. The second-order valence-electron chi connectivity index (χ2n) is 6.31. The van der Waals surface area contributed by atoms with Gasteiger partial charge in [0.2, 0.25) is 5.91 Å². The molecule has 2 atom stereocenters. The SMILES string of the molecule is CCC(C)C(NC(N)=O)C(=O)NCC1(CO)CCCCC1. The van der Waals surface area contributed by atoms with Crippen LogP contribution in [0.2, 0.25) is 0 Å². The van der Waals surface area contributed by atoms with Gasteiger partial charge in [-0.25, -0.2) is 4.79 Å². The van der Waals surface area contributed by atoms with Gasteiger partial charge in [0.15, 0.2) is 0 Å². The molecule has 0 bridgehead atoms. The number of amides is 3. The minimum absolute atomic E-state index is 0.00827. The molecule has 1 fully saturated rings. The molecule has 3 amide bonds. The Labute approximate surface area is 126 Å². The largest absolute Gasteiger partial charge is 0.396 e. The second kappa shape index (κ2) is 8.22. The van der Waals surface area contributed by atoms with E-state index in [1.807, 2.05) is 13.8 Å². The Balaban J connectivity index is 2.61. The van der Waals surface area contributed by atoms with Gasteiger partial charge in [-0.15, -0.1) is 0 Å². The molecule has 6 heteroatoms. The number of rotatable bonds is 7.